The van der Waals surface area contributed by atoms with E-state index < -0.39 is 10.8 Å². The van der Waals surface area contributed by atoms with Gasteiger partial charge in [-0.25, -0.2) is 9.97 Å². The third kappa shape index (κ3) is 6.25. The molecule has 1 aromatic carbocycles. The Balaban J connectivity index is 0.000000913. The van der Waals surface area contributed by atoms with E-state index in [4.69, 9.17) is 4.74 Å². The van der Waals surface area contributed by atoms with Gasteiger partial charge in [-0.05, 0) is 32.3 Å². The summed E-state index contributed by atoms with van der Waals surface area (Å²) in [5, 5.41) is 2.75. The summed E-state index contributed by atoms with van der Waals surface area (Å²) in [6, 6.07) is 14.3. The van der Waals surface area contributed by atoms with Crippen molar-refractivity contribution in [3.05, 3.63) is 66.0 Å². The molecule has 3 aromatic rings. The smallest absolute Gasteiger partial charge is 0.180 e. The van der Waals surface area contributed by atoms with Crippen molar-refractivity contribution in [1.29, 1.82) is 0 Å². The van der Waals surface area contributed by atoms with Gasteiger partial charge in [0.25, 0.3) is 0 Å². The van der Waals surface area contributed by atoms with E-state index in [-0.39, 0.29) is 5.75 Å². The summed E-state index contributed by atoms with van der Waals surface area (Å²) < 4.78 is 18.4. The molecule has 168 valence electrons. The number of aromatic nitrogens is 3. The second-order valence-electron chi connectivity index (χ2n) is 7.00. The Kier molecular flexibility index (Phi) is 8.97. The molecule has 8 nitrogen and oxygen atoms in total. The number of rotatable bonds is 6. The number of ether oxygens (including phenoxy) is 1. The van der Waals surface area contributed by atoms with Crippen LogP contribution in [0, 0.1) is 0 Å². The maximum absolute atomic E-state index is 13.0. The molecule has 0 spiro atoms. The van der Waals surface area contributed by atoms with Gasteiger partial charge in [-0.1, -0.05) is 24.3 Å². The Hall–Kier alpha value is -3.01. The standard InChI is InChI=1S/C21H20N4O3S.C2H7N/c26-14-16-5-1-2-7-19(16)29(27)15-17-13-20(25-9-11-28-12-10-25)24-21(23-17)18-6-3-4-8-22-18;1-3-2/h1-8,13-14H,9-12,15H2;3H,1-2H3. The molecule has 32 heavy (non-hydrogen) atoms. The van der Waals surface area contributed by atoms with Crippen LogP contribution in [-0.4, -0.2) is 65.8 Å². The lowest BCUT2D eigenvalue weighted by molar-refractivity contribution is 0.112. The topological polar surface area (TPSA) is 97.3 Å². The fraction of sp³-hybridized carbons (Fsp3) is 0.304. The highest BCUT2D eigenvalue weighted by Gasteiger charge is 2.18. The van der Waals surface area contributed by atoms with Gasteiger partial charge in [0.1, 0.15) is 11.5 Å². The Labute approximate surface area is 190 Å². The zero-order valence-corrected chi connectivity index (χ0v) is 19.0. The largest absolute Gasteiger partial charge is 0.378 e. The Bertz CT molecular complexity index is 1040. The van der Waals surface area contributed by atoms with Crippen LogP contribution in [-0.2, 0) is 21.3 Å². The molecule has 2 aromatic heterocycles. The van der Waals surface area contributed by atoms with Crippen molar-refractivity contribution in [3.63, 3.8) is 0 Å². The van der Waals surface area contributed by atoms with Crippen LogP contribution in [0.1, 0.15) is 16.1 Å². The number of nitrogens with zero attached hydrogens (tertiary/aromatic N) is 4. The number of carbonyl (C=O) groups is 1. The van der Waals surface area contributed by atoms with Crippen molar-refractivity contribution in [1.82, 2.24) is 20.3 Å². The van der Waals surface area contributed by atoms with Crippen molar-refractivity contribution in [2.24, 2.45) is 0 Å². The quantitative estimate of drug-likeness (QED) is 0.568. The minimum Gasteiger partial charge on any atom is -0.378 e. The summed E-state index contributed by atoms with van der Waals surface area (Å²) in [7, 11) is 2.34. The molecule has 0 bridgehead atoms. The van der Waals surface area contributed by atoms with E-state index in [2.05, 4.69) is 25.2 Å². The first-order valence-electron chi connectivity index (χ1n) is 10.3. The number of morpholine rings is 1. The van der Waals surface area contributed by atoms with Gasteiger partial charge >= 0.3 is 0 Å². The molecule has 0 aliphatic carbocycles. The van der Waals surface area contributed by atoms with E-state index in [1.807, 2.05) is 38.4 Å². The normalized spacial score (nSPS) is 14.2. The monoisotopic (exact) mass is 453 g/mol. The van der Waals surface area contributed by atoms with Gasteiger partial charge in [-0.3, -0.25) is 14.0 Å². The second kappa shape index (κ2) is 12.1. The first-order valence-corrected chi connectivity index (χ1v) is 11.6. The molecule has 3 heterocycles. The molecular weight excluding hydrogens is 426 g/mol. The van der Waals surface area contributed by atoms with Gasteiger partial charge in [0.2, 0.25) is 0 Å². The first kappa shape index (κ1) is 23.6. The summed E-state index contributed by atoms with van der Waals surface area (Å²) >= 11 is 0. The van der Waals surface area contributed by atoms with Crippen LogP contribution in [0.15, 0.2) is 59.6 Å². The van der Waals surface area contributed by atoms with Crippen molar-refractivity contribution < 1.29 is 13.7 Å². The van der Waals surface area contributed by atoms with E-state index in [1.165, 1.54) is 0 Å². The molecule has 1 saturated heterocycles. The van der Waals surface area contributed by atoms with Crippen molar-refractivity contribution in [3.8, 4) is 11.5 Å². The molecule has 1 aliphatic rings. The number of hydrogen-bond acceptors (Lipinski definition) is 8. The number of hydrogen-bond donors (Lipinski definition) is 1. The second-order valence-corrected chi connectivity index (χ2v) is 8.42. The molecule has 0 amide bonds. The number of aldehydes is 1. The third-order valence-corrected chi connectivity index (χ3v) is 5.99. The summed E-state index contributed by atoms with van der Waals surface area (Å²) in [5.41, 5.74) is 1.72. The van der Waals surface area contributed by atoms with Crippen LogP contribution >= 0.6 is 0 Å². The van der Waals surface area contributed by atoms with Crippen LogP contribution in [0.25, 0.3) is 11.5 Å². The molecule has 0 radical (unpaired) electrons. The lowest BCUT2D eigenvalue weighted by atomic mass is 10.2. The lowest BCUT2D eigenvalue weighted by Crippen LogP contribution is -2.37. The van der Waals surface area contributed by atoms with Crippen molar-refractivity contribution in [2.45, 2.75) is 10.6 Å². The number of carbonyl (C=O) groups excluding carboxylic acids is 1. The molecule has 9 heteroatoms. The van der Waals surface area contributed by atoms with E-state index in [9.17, 15) is 9.00 Å². The van der Waals surface area contributed by atoms with Crippen molar-refractivity contribution >= 4 is 22.9 Å². The highest BCUT2D eigenvalue weighted by molar-refractivity contribution is 7.84. The molecule has 1 aliphatic heterocycles. The molecular formula is C23H27N5O3S. The van der Waals surface area contributed by atoms with Crippen LogP contribution in [0.3, 0.4) is 0 Å². The minimum atomic E-state index is -1.41. The Morgan fingerprint density at radius 2 is 1.81 bits per heavy atom. The van der Waals surface area contributed by atoms with Gasteiger partial charge in [0, 0.05) is 35.8 Å². The number of benzene rings is 1. The molecule has 1 fully saturated rings. The van der Waals surface area contributed by atoms with Gasteiger partial charge in [0.05, 0.1) is 35.5 Å². The minimum absolute atomic E-state index is 0.185. The van der Waals surface area contributed by atoms with Crippen LogP contribution in [0.4, 0.5) is 5.82 Å². The summed E-state index contributed by atoms with van der Waals surface area (Å²) in [5.74, 6) is 1.44. The molecule has 1 unspecified atom stereocenters. The SMILES string of the molecule is CNC.O=Cc1ccccc1S(=O)Cc1cc(N2CCOCC2)nc(-c2ccccn2)n1. The van der Waals surface area contributed by atoms with Crippen LogP contribution in [0.5, 0.6) is 0 Å². The third-order valence-electron chi connectivity index (χ3n) is 4.56. The maximum Gasteiger partial charge on any atom is 0.180 e. The Morgan fingerprint density at radius 1 is 1.09 bits per heavy atom. The molecule has 1 atom stereocenters. The van der Waals surface area contributed by atoms with Gasteiger partial charge in [-0.15, -0.1) is 0 Å². The average Bonchev–Trinajstić information content (AvgIpc) is 2.85. The zero-order chi connectivity index (χ0) is 22.8. The highest BCUT2D eigenvalue weighted by Crippen LogP contribution is 2.22. The van der Waals surface area contributed by atoms with Crippen LogP contribution < -0.4 is 10.2 Å². The van der Waals surface area contributed by atoms with Gasteiger partial charge in [0.15, 0.2) is 12.1 Å². The Morgan fingerprint density at radius 3 is 2.50 bits per heavy atom. The summed E-state index contributed by atoms with van der Waals surface area (Å²) in [4.78, 5) is 27.6. The first-order chi connectivity index (χ1) is 15.7. The highest BCUT2D eigenvalue weighted by atomic mass is 32.2. The summed E-state index contributed by atoms with van der Waals surface area (Å²) in [6.45, 7) is 2.73. The number of pyridine rings is 1. The number of anilines is 1. The molecule has 1 N–H and O–H groups in total. The molecule has 4 rings (SSSR count). The fourth-order valence-corrected chi connectivity index (χ4v) is 4.30. The van der Waals surface area contributed by atoms with E-state index in [0.29, 0.717) is 40.9 Å². The maximum atomic E-state index is 13.0. The lowest BCUT2D eigenvalue weighted by Gasteiger charge is -2.28. The van der Waals surface area contributed by atoms with Crippen molar-refractivity contribution in [2.75, 3.05) is 45.3 Å². The van der Waals surface area contributed by atoms with E-state index in [0.717, 1.165) is 25.2 Å². The predicted molar refractivity (Wildman–Crippen MR) is 125 cm³/mol. The van der Waals surface area contributed by atoms with Gasteiger partial charge < -0.3 is 15.0 Å². The average molecular weight is 454 g/mol. The predicted octanol–water partition coefficient (Wildman–Crippen LogP) is 2.33. The van der Waals surface area contributed by atoms with E-state index >= 15 is 0 Å². The van der Waals surface area contributed by atoms with E-state index in [1.54, 1.807) is 30.5 Å². The fourth-order valence-electron chi connectivity index (χ4n) is 3.12. The zero-order valence-electron chi connectivity index (χ0n) is 18.2. The van der Waals surface area contributed by atoms with Gasteiger partial charge in [-0.2, -0.15) is 0 Å². The summed E-state index contributed by atoms with van der Waals surface area (Å²) in [6.07, 6.45) is 2.42. The number of nitrogens with one attached hydrogen (secondary N) is 1. The molecule has 0 saturated carbocycles. The van der Waals surface area contributed by atoms with Crippen LogP contribution in [0.2, 0.25) is 0 Å².